The molecule has 0 saturated carbocycles. The molecule has 5 nitrogen and oxygen atoms in total. The van der Waals surface area contributed by atoms with Gasteiger partial charge in [0.2, 0.25) is 0 Å². The van der Waals surface area contributed by atoms with Gasteiger partial charge in [0.15, 0.2) is 11.5 Å². The fourth-order valence-electron chi connectivity index (χ4n) is 2.49. The van der Waals surface area contributed by atoms with Crippen molar-refractivity contribution < 1.29 is 19.0 Å². The van der Waals surface area contributed by atoms with Crippen molar-refractivity contribution in [2.24, 2.45) is 0 Å². The first-order valence-electron chi connectivity index (χ1n) is 7.91. The number of benzene rings is 1. The van der Waals surface area contributed by atoms with Crippen LogP contribution in [-0.4, -0.2) is 26.2 Å². The normalized spacial score (nSPS) is 13.0. The number of hydrogen-bond acceptors (Lipinski definition) is 5. The van der Waals surface area contributed by atoms with Gasteiger partial charge in [-0.25, -0.2) is 0 Å². The largest absolute Gasteiger partial charge is 0.496 e. The van der Waals surface area contributed by atoms with Gasteiger partial charge in [0.05, 0.1) is 12.7 Å². The van der Waals surface area contributed by atoms with Crippen molar-refractivity contribution in [2.75, 3.05) is 20.3 Å². The van der Waals surface area contributed by atoms with Gasteiger partial charge in [-0.1, -0.05) is 13.8 Å². The van der Waals surface area contributed by atoms with Gasteiger partial charge in [0.25, 0.3) is 5.91 Å². The van der Waals surface area contributed by atoms with E-state index in [1.807, 2.05) is 17.5 Å². The number of fused-ring (bicyclic) bond motifs is 1. The first-order chi connectivity index (χ1) is 11.6. The fraction of sp³-hybridized carbons (Fsp3) is 0.389. The molecule has 1 aromatic carbocycles. The summed E-state index contributed by atoms with van der Waals surface area (Å²) in [5.41, 5.74) is 1.55. The quantitative estimate of drug-likeness (QED) is 0.898. The zero-order valence-corrected chi connectivity index (χ0v) is 14.9. The summed E-state index contributed by atoms with van der Waals surface area (Å²) in [6.07, 6.45) is 0. The first kappa shape index (κ1) is 16.6. The number of methoxy groups -OCH3 is 1. The van der Waals surface area contributed by atoms with Crippen LogP contribution in [0.1, 0.15) is 40.6 Å². The molecule has 0 fully saturated rings. The standard InChI is InChI=1S/C18H21NO4S/c1-11(2)17-7-13(10-24-17)18(20)19-9-12-6-15-16(8-14(12)21-3)23-5-4-22-15/h6-8,10-11H,4-5,9H2,1-3H3,(H,19,20). The van der Waals surface area contributed by atoms with Crippen LogP contribution in [0.5, 0.6) is 17.2 Å². The van der Waals surface area contributed by atoms with Crippen molar-refractivity contribution in [3.8, 4) is 17.2 Å². The van der Waals surface area contributed by atoms with Crippen LogP contribution in [-0.2, 0) is 6.54 Å². The van der Waals surface area contributed by atoms with Crippen LogP contribution in [0.3, 0.4) is 0 Å². The third-order valence-corrected chi connectivity index (χ3v) is 5.07. The van der Waals surface area contributed by atoms with Crippen molar-refractivity contribution in [3.63, 3.8) is 0 Å². The second-order valence-corrected chi connectivity index (χ2v) is 6.83. The van der Waals surface area contributed by atoms with E-state index in [-0.39, 0.29) is 5.91 Å². The molecule has 0 bridgehead atoms. The molecular formula is C18H21NO4S. The van der Waals surface area contributed by atoms with Crippen LogP contribution in [0.15, 0.2) is 23.6 Å². The van der Waals surface area contributed by atoms with Crippen LogP contribution in [0, 0.1) is 0 Å². The Morgan fingerprint density at radius 1 is 1.25 bits per heavy atom. The van der Waals surface area contributed by atoms with Crippen LogP contribution in [0.2, 0.25) is 0 Å². The van der Waals surface area contributed by atoms with E-state index in [1.54, 1.807) is 24.5 Å². The van der Waals surface area contributed by atoms with Gasteiger partial charge < -0.3 is 19.5 Å². The van der Waals surface area contributed by atoms with Gasteiger partial charge in [0.1, 0.15) is 19.0 Å². The Hall–Kier alpha value is -2.21. The molecule has 128 valence electrons. The zero-order valence-electron chi connectivity index (χ0n) is 14.0. The van der Waals surface area contributed by atoms with E-state index >= 15 is 0 Å². The third-order valence-electron chi connectivity index (χ3n) is 3.84. The van der Waals surface area contributed by atoms with E-state index in [1.165, 1.54) is 4.88 Å². The Morgan fingerprint density at radius 2 is 1.96 bits per heavy atom. The van der Waals surface area contributed by atoms with E-state index in [0.29, 0.717) is 48.5 Å². The summed E-state index contributed by atoms with van der Waals surface area (Å²) in [5.74, 6) is 2.37. The number of nitrogens with one attached hydrogen (secondary N) is 1. The summed E-state index contributed by atoms with van der Waals surface area (Å²) in [4.78, 5) is 13.5. The van der Waals surface area contributed by atoms with Gasteiger partial charge in [0, 0.05) is 28.4 Å². The Labute approximate surface area is 145 Å². The van der Waals surface area contributed by atoms with Crippen LogP contribution in [0.4, 0.5) is 0 Å². The smallest absolute Gasteiger partial charge is 0.252 e. The summed E-state index contributed by atoms with van der Waals surface area (Å²) in [7, 11) is 1.60. The predicted molar refractivity (Wildman–Crippen MR) is 93.6 cm³/mol. The molecule has 0 radical (unpaired) electrons. The average Bonchev–Trinajstić information content (AvgIpc) is 3.09. The summed E-state index contributed by atoms with van der Waals surface area (Å²) >= 11 is 1.61. The van der Waals surface area contributed by atoms with E-state index < -0.39 is 0 Å². The minimum atomic E-state index is -0.0879. The third kappa shape index (κ3) is 3.48. The van der Waals surface area contributed by atoms with Crippen LogP contribution >= 0.6 is 11.3 Å². The van der Waals surface area contributed by atoms with E-state index in [9.17, 15) is 4.79 Å². The van der Waals surface area contributed by atoms with Gasteiger partial charge in [-0.2, -0.15) is 0 Å². The lowest BCUT2D eigenvalue weighted by molar-refractivity contribution is 0.0951. The first-order valence-corrected chi connectivity index (χ1v) is 8.79. The molecule has 24 heavy (non-hydrogen) atoms. The number of hydrogen-bond donors (Lipinski definition) is 1. The second-order valence-electron chi connectivity index (χ2n) is 5.88. The second kappa shape index (κ2) is 7.13. The minimum absolute atomic E-state index is 0.0879. The molecule has 0 aliphatic carbocycles. The Kier molecular flexibility index (Phi) is 4.94. The number of carbonyl (C=O) groups excluding carboxylic acids is 1. The van der Waals surface area contributed by atoms with E-state index in [0.717, 1.165) is 5.56 Å². The number of carbonyl (C=O) groups is 1. The molecule has 0 unspecified atom stereocenters. The number of rotatable bonds is 5. The van der Waals surface area contributed by atoms with Crippen LogP contribution in [0.25, 0.3) is 0 Å². The number of thiophene rings is 1. The summed E-state index contributed by atoms with van der Waals surface area (Å²) in [6.45, 7) is 5.66. The zero-order chi connectivity index (χ0) is 17.1. The van der Waals surface area contributed by atoms with Gasteiger partial charge in [-0.3, -0.25) is 4.79 Å². The molecule has 2 aromatic rings. The van der Waals surface area contributed by atoms with Crippen molar-refractivity contribution >= 4 is 17.2 Å². The summed E-state index contributed by atoms with van der Waals surface area (Å²) < 4.78 is 16.5. The monoisotopic (exact) mass is 347 g/mol. The molecule has 3 rings (SSSR count). The lowest BCUT2D eigenvalue weighted by Crippen LogP contribution is -2.23. The molecule has 6 heteroatoms. The van der Waals surface area contributed by atoms with Gasteiger partial charge in [-0.15, -0.1) is 11.3 Å². The Bertz CT molecular complexity index is 739. The van der Waals surface area contributed by atoms with Crippen molar-refractivity contribution in [1.29, 1.82) is 0 Å². The molecule has 0 spiro atoms. The highest BCUT2D eigenvalue weighted by Gasteiger charge is 2.17. The maximum atomic E-state index is 12.3. The molecule has 1 aromatic heterocycles. The van der Waals surface area contributed by atoms with Crippen molar-refractivity contribution in [1.82, 2.24) is 5.32 Å². The predicted octanol–water partition coefficient (Wildman–Crippen LogP) is 3.58. The molecule has 1 amide bonds. The fourth-order valence-corrected chi connectivity index (χ4v) is 3.40. The highest BCUT2D eigenvalue weighted by molar-refractivity contribution is 7.10. The van der Waals surface area contributed by atoms with Gasteiger partial charge >= 0.3 is 0 Å². The average molecular weight is 347 g/mol. The van der Waals surface area contributed by atoms with Crippen molar-refractivity contribution in [2.45, 2.75) is 26.3 Å². The SMILES string of the molecule is COc1cc2c(cc1CNC(=O)c1csc(C(C)C)c1)OCCO2. The number of amides is 1. The van der Waals surface area contributed by atoms with E-state index in [4.69, 9.17) is 14.2 Å². The van der Waals surface area contributed by atoms with Gasteiger partial charge in [-0.05, 0) is 18.1 Å². The molecule has 1 aliphatic rings. The molecule has 2 heterocycles. The lowest BCUT2D eigenvalue weighted by atomic mass is 10.1. The Balaban J connectivity index is 1.72. The molecule has 0 saturated heterocycles. The highest BCUT2D eigenvalue weighted by Crippen LogP contribution is 2.36. The molecular weight excluding hydrogens is 326 g/mol. The lowest BCUT2D eigenvalue weighted by Gasteiger charge is -2.20. The summed E-state index contributed by atoms with van der Waals surface area (Å²) in [6, 6.07) is 5.62. The topological polar surface area (TPSA) is 56.8 Å². The van der Waals surface area contributed by atoms with Crippen LogP contribution < -0.4 is 19.5 Å². The molecule has 1 aliphatic heterocycles. The maximum absolute atomic E-state index is 12.3. The molecule has 1 N–H and O–H groups in total. The van der Waals surface area contributed by atoms with E-state index in [2.05, 4.69) is 19.2 Å². The minimum Gasteiger partial charge on any atom is -0.496 e. The summed E-state index contributed by atoms with van der Waals surface area (Å²) in [5, 5.41) is 4.83. The molecule has 0 atom stereocenters. The highest BCUT2D eigenvalue weighted by atomic mass is 32.1. The maximum Gasteiger partial charge on any atom is 0.252 e. The van der Waals surface area contributed by atoms with Crippen molar-refractivity contribution in [3.05, 3.63) is 39.6 Å². The number of ether oxygens (including phenoxy) is 3. The Morgan fingerprint density at radius 3 is 2.58 bits per heavy atom.